The van der Waals surface area contributed by atoms with E-state index >= 15 is 0 Å². The highest BCUT2D eigenvalue weighted by atomic mass is 32.1. The molecule has 3 aromatic rings. The van der Waals surface area contributed by atoms with E-state index in [1.807, 2.05) is 23.6 Å². The molecule has 6 heteroatoms. The van der Waals surface area contributed by atoms with Crippen LogP contribution in [0.1, 0.15) is 24.0 Å². The summed E-state index contributed by atoms with van der Waals surface area (Å²) in [6.07, 6.45) is 2.19. The zero-order chi connectivity index (χ0) is 19.3. The van der Waals surface area contributed by atoms with Gasteiger partial charge in [0, 0.05) is 17.4 Å². The Morgan fingerprint density at radius 2 is 1.89 bits per heavy atom. The molecule has 2 aromatic carbocycles. The van der Waals surface area contributed by atoms with Crippen LogP contribution in [-0.2, 0) is 11.2 Å². The molecule has 0 spiro atoms. The Morgan fingerprint density at radius 3 is 2.71 bits per heavy atom. The summed E-state index contributed by atoms with van der Waals surface area (Å²) in [6.45, 7) is 3.20. The largest absolute Gasteiger partial charge is 0.486 e. The number of nitrogens with one attached hydrogen (secondary N) is 1. The van der Waals surface area contributed by atoms with Crippen molar-refractivity contribution in [2.75, 3.05) is 18.5 Å². The predicted octanol–water partition coefficient (Wildman–Crippen LogP) is 4.85. The van der Waals surface area contributed by atoms with Crippen LogP contribution in [0.2, 0.25) is 0 Å². The molecule has 144 valence electrons. The number of thiazole rings is 1. The van der Waals surface area contributed by atoms with Crippen LogP contribution in [0.15, 0.2) is 47.8 Å². The van der Waals surface area contributed by atoms with E-state index < -0.39 is 0 Å². The summed E-state index contributed by atoms with van der Waals surface area (Å²) in [4.78, 5) is 16.7. The predicted molar refractivity (Wildman–Crippen MR) is 111 cm³/mol. The molecular weight excluding hydrogens is 372 g/mol. The van der Waals surface area contributed by atoms with Gasteiger partial charge in [0.15, 0.2) is 16.6 Å². The summed E-state index contributed by atoms with van der Waals surface area (Å²) in [7, 11) is 0. The third-order valence-corrected chi connectivity index (χ3v) is 5.34. The lowest BCUT2D eigenvalue weighted by molar-refractivity contribution is -0.116. The molecule has 0 unspecified atom stereocenters. The highest BCUT2D eigenvalue weighted by Crippen LogP contribution is 2.35. The number of rotatable bonds is 6. The minimum atomic E-state index is -0.00446. The van der Waals surface area contributed by atoms with E-state index in [2.05, 4.69) is 41.5 Å². The molecule has 1 aliphatic heterocycles. The van der Waals surface area contributed by atoms with Gasteiger partial charge in [-0.1, -0.05) is 29.8 Å². The number of aryl methyl sites for hydroxylation is 2. The Hall–Kier alpha value is -2.86. The van der Waals surface area contributed by atoms with Gasteiger partial charge in [0.05, 0.1) is 5.69 Å². The minimum Gasteiger partial charge on any atom is -0.486 e. The Bertz CT molecular complexity index is 966. The number of benzene rings is 2. The smallest absolute Gasteiger partial charge is 0.226 e. The van der Waals surface area contributed by atoms with Crippen molar-refractivity contribution in [3.8, 4) is 22.8 Å². The average molecular weight is 394 g/mol. The van der Waals surface area contributed by atoms with Crippen LogP contribution >= 0.6 is 11.3 Å². The summed E-state index contributed by atoms with van der Waals surface area (Å²) >= 11 is 1.43. The van der Waals surface area contributed by atoms with E-state index in [1.54, 1.807) is 0 Å². The maximum atomic E-state index is 12.2. The van der Waals surface area contributed by atoms with Crippen LogP contribution in [0.3, 0.4) is 0 Å². The molecule has 0 atom stereocenters. The van der Waals surface area contributed by atoms with Gasteiger partial charge < -0.3 is 14.8 Å². The van der Waals surface area contributed by atoms with E-state index in [0.717, 1.165) is 35.6 Å². The van der Waals surface area contributed by atoms with Gasteiger partial charge in [0.2, 0.25) is 5.91 Å². The summed E-state index contributed by atoms with van der Waals surface area (Å²) in [6, 6.07) is 14.2. The van der Waals surface area contributed by atoms with Crippen LogP contribution in [0.4, 0.5) is 5.13 Å². The molecule has 1 aliphatic rings. The molecule has 1 N–H and O–H groups in total. The first-order valence-corrected chi connectivity index (χ1v) is 10.3. The highest BCUT2D eigenvalue weighted by Gasteiger charge is 2.14. The first-order chi connectivity index (χ1) is 13.7. The van der Waals surface area contributed by atoms with Crippen molar-refractivity contribution >= 4 is 22.4 Å². The van der Waals surface area contributed by atoms with Crippen molar-refractivity contribution in [2.45, 2.75) is 26.2 Å². The second-order valence-electron chi connectivity index (χ2n) is 6.78. The van der Waals surface area contributed by atoms with Crippen molar-refractivity contribution in [3.63, 3.8) is 0 Å². The Morgan fingerprint density at radius 1 is 1.11 bits per heavy atom. The lowest BCUT2D eigenvalue weighted by Gasteiger charge is -2.18. The van der Waals surface area contributed by atoms with Crippen LogP contribution in [0.25, 0.3) is 11.3 Å². The number of ether oxygens (including phenoxy) is 2. The number of amides is 1. The average Bonchev–Trinajstić information content (AvgIpc) is 3.17. The summed E-state index contributed by atoms with van der Waals surface area (Å²) in [5.74, 6) is 1.49. The summed E-state index contributed by atoms with van der Waals surface area (Å²) in [5.41, 5.74) is 4.27. The van der Waals surface area contributed by atoms with Gasteiger partial charge in [-0.15, -0.1) is 11.3 Å². The number of hydrogen-bond donors (Lipinski definition) is 1. The van der Waals surface area contributed by atoms with Crippen molar-refractivity contribution in [2.24, 2.45) is 0 Å². The molecule has 0 fully saturated rings. The quantitative estimate of drug-likeness (QED) is 0.649. The standard InChI is InChI=1S/C22H22N2O3S/c1-15-5-7-16(8-6-15)3-2-4-21(25)24-22-23-18(14-28-22)17-9-10-19-20(13-17)27-12-11-26-19/h5-10,13-14H,2-4,11-12H2,1H3,(H,23,24,25). The van der Waals surface area contributed by atoms with Gasteiger partial charge in [-0.25, -0.2) is 4.98 Å². The van der Waals surface area contributed by atoms with E-state index in [1.165, 1.54) is 22.5 Å². The number of nitrogens with zero attached hydrogens (tertiary/aromatic N) is 1. The van der Waals surface area contributed by atoms with Crippen LogP contribution in [0.5, 0.6) is 11.5 Å². The topological polar surface area (TPSA) is 60.5 Å². The molecule has 0 radical (unpaired) electrons. The first-order valence-electron chi connectivity index (χ1n) is 9.38. The third-order valence-electron chi connectivity index (χ3n) is 4.58. The minimum absolute atomic E-state index is 0.00446. The second-order valence-corrected chi connectivity index (χ2v) is 7.64. The van der Waals surface area contributed by atoms with Gasteiger partial charge in [-0.05, 0) is 43.5 Å². The molecule has 5 nitrogen and oxygen atoms in total. The van der Waals surface area contributed by atoms with Crippen molar-refractivity contribution in [1.29, 1.82) is 0 Å². The second kappa shape index (κ2) is 8.44. The van der Waals surface area contributed by atoms with E-state index in [4.69, 9.17) is 9.47 Å². The number of fused-ring (bicyclic) bond motifs is 1. The number of hydrogen-bond acceptors (Lipinski definition) is 5. The van der Waals surface area contributed by atoms with E-state index in [9.17, 15) is 4.79 Å². The molecule has 0 bridgehead atoms. The van der Waals surface area contributed by atoms with Crippen molar-refractivity contribution in [3.05, 3.63) is 59.0 Å². The SMILES string of the molecule is Cc1ccc(CCCC(=O)Nc2nc(-c3ccc4c(c3)OCCO4)cs2)cc1. The van der Waals surface area contributed by atoms with Crippen molar-refractivity contribution < 1.29 is 14.3 Å². The Kier molecular flexibility index (Phi) is 5.58. The van der Waals surface area contributed by atoms with Crippen LogP contribution < -0.4 is 14.8 Å². The number of anilines is 1. The normalized spacial score (nSPS) is 12.6. The van der Waals surface area contributed by atoms with Crippen LogP contribution in [0, 0.1) is 6.92 Å². The fraction of sp³-hybridized carbons (Fsp3) is 0.273. The van der Waals surface area contributed by atoms with Gasteiger partial charge >= 0.3 is 0 Å². The van der Waals surface area contributed by atoms with Crippen molar-refractivity contribution in [1.82, 2.24) is 4.98 Å². The number of aromatic nitrogens is 1. The maximum absolute atomic E-state index is 12.2. The molecule has 1 amide bonds. The molecular formula is C22H22N2O3S. The lowest BCUT2D eigenvalue weighted by Crippen LogP contribution is -2.15. The van der Waals surface area contributed by atoms with Gasteiger partial charge in [0.25, 0.3) is 0 Å². The zero-order valence-electron chi connectivity index (χ0n) is 15.7. The first kappa shape index (κ1) is 18.5. The Labute approximate surface area is 168 Å². The van der Waals surface area contributed by atoms with Crippen LogP contribution in [-0.4, -0.2) is 24.1 Å². The monoisotopic (exact) mass is 394 g/mol. The lowest BCUT2D eigenvalue weighted by atomic mass is 10.1. The fourth-order valence-corrected chi connectivity index (χ4v) is 3.79. The fourth-order valence-electron chi connectivity index (χ4n) is 3.06. The Balaban J connectivity index is 1.31. The maximum Gasteiger partial charge on any atom is 0.226 e. The van der Waals surface area contributed by atoms with Gasteiger partial charge in [-0.3, -0.25) is 4.79 Å². The third kappa shape index (κ3) is 4.51. The van der Waals surface area contributed by atoms with Gasteiger partial charge in [0.1, 0.15) is 13.2 Å². The molecule has 1 aromatic heterocycles. The van der Waals surface area contributed by atoms with Gasteiger partial charge in [-0.2, -0.15) is 0 Å². The number of carbonyl (C=O) groups is 1. The molecule has 0 aliphatic carbocycles. The molecule has 0 saturated carbocycles. The zero-order valence-corrected chi connectivity index (χ0v) is 16.6. The molecule has 28 heavy (non-hydrogen) atoms. The number of carbonyl (C=O) groups excluding carboxylic acids is 1. The van der Waals surface area contributed by atoms with E-state index in [-0.39, 0.29) is 5.91 Å². The highest BCUT2D eigenvalue weighted by molar-refractivity contribution is 7.14. The summed E-state index contributed by atoms with van der Waals surface area (Å²) in [5, 5.41) is 5.46. The summed E-state index contributed by atoms with van der Waals surface area (Å²) < 4.78 is 11.2. The van der Waals surface area contributed by atoms with E-state index in [0.29, 0.717) is 24.8 Å². The molecule has 4 rings (SSSR count). The molecule has 0 saturated heterocycles. The molecule has 2 heterocycles.